The van der Waals surface area contributed by atoms with Crippen molar-refractivity contribution < 1.29 is 14.7 Å². The molecule has 1 aliphatic heterocycles. The minimum absolute atomic E-state index is 0.0628. The van der Waals surface area contributed by atoms with Crippen LogP contribution in [0.3, 0.4) is 0 Å². The molecule has 0 spiro atoms. The van der Waals surface area contributed by atoms with Gasteiger partial charge < -0.3 is 15.3 Å². The first-order valence-electron chi connectivity index (χ1n) is 9.13. The molecule has 1 fully saturated rings. The molecule has 2 amide bonds. The van der Waals surface area contributed by atoms with Gasteiger partial charge in [0.1, 0.15) is 0 Å². The number of rotatable bonds is 2. The normalized spacial score (nSPS) is 26.2. The number of carbonyl (C=O) groups is 2. The van der Waals surface area contributed by atoms with Gasteiger partial charge in [0.25, 0.3) is 0 Å². The van der Waals surface area contributed by atoms with Crippen LogP contribution < -0.4 is 5.32 Å². The Hall–Kier alpha value is -1.88. The maximum Gasteiger partial charge on any atom is 0.227 e. The van der Waals surface area contributed by atoms with E-state index < -0.39 is 11.5 Å². The summed E-state index contributed by atoms with van der Waals surface area (Å²) in [5.74, 6) is -0.177. The Morgan fingerprint density at radius 2 is 1.96 bits per heavy atom. The van der Waals surface area contributed by atoms with Gasteiger partial charge in [0.05, 0.1) is 18.1 Å². The van der Waals surface area contributed by atoms with Crippen molar-refractivity contribution in [3.63, 3.8) is 0 Å². The lowest BCUT2D eigenvalue weighted by molar-refractivity contribution is -0.143. The SMILES string of the molecule is CC(C)(C)C(=O)N1CCCC(C(=O)N[C@@H]2c3ccccc3C[C@@H]2O)C1. The van der Waals surface area contributed by atoms with Crippen LogP contribution in [0, 0.1) is 11.3 Å². The van der Waals surface area contributed by atoms with Gasteiger partial charge in [0.15, 0.2) is 0 Å². The summed E-state index contributed by atoms with van der Waals surface area (Å²) >= 11 is 0. The number of aliphatic hydroxyl groups excluding tert-OH is 1. The first-order chi connectivity index (χ1) is 11.8. The van der Waals surface area contributed by atoms with E-state index in [1.54, 1.807) is 0 Å². The van der Waals surface area contributed by atoms with E-state index in [4.69, 9.17) is 0 Å². The average Bonchev–Trinajstić information content (AvgIpc) is 2.89. The summed E-state index contributed by atoms with van der Waals surface area (Å²) in [6.45, 7) is 6.90. The Kier molecular flexibility index (Phi) is 4.87. The number of nitrogens with one attached hydrogen (secondary N) is 1. The number of hydrogen-bond donors (Lipinski definition) is 2. The second kappa shape index (κ2) is 6.79. The summed E-state index contributed by atoms with van der Waals surface area (Å²) in [5.41, 5.74) is 1.66. The van der Waals surface area contributed by atoms with Crippen molar-refractivity contribution in [2.45, 2.75) is 52.2 Å². The van der Waals surface area contributed by atoms with Crippen molar-refractivity contribution in [1.82, 2.24) is 10.2 Å². The highest BCUT2D eigenvalue weighted by atomic mass is 16.3. The quantitative estimate of drug-likeness (QED) is 0.863. The monoisotopic (exact) mass is 344 g/mol. The third-order valence-electron chi connectivity index (χ3n) is 5.22. The molecule has 1 heterocycles. The summed E-state index contributed by atoms with van der Waals surface area (Å²) in [5, 5.41) is 13.4. The predicted octanol–water partition coefficient (Wildman–Crippen LogP) is 2.05. The molecular weight excluding hydrogens is 316 g/mol. The van der Waals surface area contributed by atoms with Crippen molar-refractivity contribution in [3.05, 3.63) is 35.4 Å². The summed E-state index contributed by atoms with van der Waals surface area (Å²) in [4.78, 5) is 27.1. The fraction of sp³-hybridized carbons (Fsp3) is 0.600. The number of aliphatic hydroxyl groups is 1. The zero-order valence-electron chi connectivity index (χ0n) is 15.3. The number of benzene rings is 1. The molecule has 1 aromatic rings. The molecule has 0 radical (unpaired) electrons. The summed E-state index contributed by atoms with van der Waals surface area (Å²) in [6.07, 6.45) is 1.60. The lowest BCUT2D eigenvalue weighted by Crippen LogP contribution is -2.49. The molecule has 2 N–H and O–H groups in total. The van der Waals surface area contributed by atoms with Gasteiger partial charge in [-0.2, -0.15) is 0 Å². The molecule has 1 aliphatic carbocycles. The molecule has 3 atom stereocenters. The Bertz CT molecular complexity index is 665. The maximum atomic E-state index is 12.8. The Balaban J connectivity index is 1.66. The highest BCUT2D eigenvalue weighted by molar-refractivity contribution is 5.84. The van der Waals surface area contributed by atoms with Gasteiger partial charge in [-0.05, 0) is 24.0 Å². The number of fused-ring (bicyclic) bond motifs is 1. The Morgan fingerprint density at radius 1 is 1.24 bits per heavy atom. The van der Waals surface area contributed by atoms with Crippen LogP contribution in [-0.2, 0) is 16.0 Å². The maximum absolute atomic E-state index is 12.8. The summed E-state index contributed by atoms with van der Waals surface area (Å²) < 4.78 is 0. The zero-order chi connectivity index (χ0) is 18.2. The van der Waals surface area contributed by atoms with E-state index in [0.717, 1.165) is 30.5 Å². The van der Waals surface area contributed by atoms with Crippen molar-refractivity contribution in [2.75, 3.05) is 13.1 Å². The van der Waals surface area contributed by atoms with Crippen LogP contribution in [0.1, 0.15) is 50.8 Å². The second-order valence-electron chi connectivity index (χ2n) is 8.30. The van der Waals surface area contributed by atoms with Crippen molar-refractivity contribution in [3.8, 4) is 0 Å². The van der Waals surface area contributed by atoms with E-state index in [-0.39, 0.29) is 23.8 Å². The fourth-order valence-electron chi connectivity index (χ4n) is 3.87. The molecular formula is C20H28N2O3. The molecule has 0 saturated carbocycles. The summed E-state index contributed by atoms with van der Waals surface area (Å²) in [7, 11) is 0. The topological polar surface area (TPSA) is 69.6 Å². The van der Waals surface area contributed by atoms with Crippen LogP contribution in [0.15, 0.2) is 24.3 Å². The zero-order valence-corrected chi connectivity index (χ0v) is 15.3. The van der Waals surface area contributed by atoms with Gasteiger partial charge >= 0.3 is 0 Å². The molecule has 2 aliphatic rings. The molecule has 5 heteroatoms. The van der Waals surface area contributed by atoms with Crippen LogP contribution in [0.2, 0.25) is 0 Å². The first-order valence-corrected chi connectivity index (χ1v) is 9.13. The highest BCUT2D eigenvalue weighted by Crippen LogP contribution is 2.32. The van der Waals surface area contributed by atoms with E-state index in [9.17, 15) is 14.7 Å². The highest BCUT2D eigenvalue weighted by Gasteiger charge is 2.36. The number of likely N-dealkylation sites (tertiary alicyclic amines) is 1. The lowest BCUT2D eigenvalue weighted by atomic mass is 9.90. The molecule has 3 rings (SSSR count). The minimum atomic E-state index is -0.586. The molecule has 136 valence electrons. The predicted molar refractivity (Wildman–Crippen MR) is 95.8 cm³/mol. The summed E-state index contributed by atoms with van der Waals surface area (Å²) in [6, 6.07) is 7.49. The van der Waals surface area contributed by atoms with Gasteiger partial charge in [-0.25, -0.2) is 0 Å². The molecule has 0 bridgehead atoms. The number of hydrogen-bond acceptors (Lipinski definition) is 3. The van der Waals surface area contributed by atoms with E-state index in [0.29, 0.717) is 13.0 Å². The number of carbonyl (C=O) groups excluding carboxylic acids is 2. The standard InChI is InChI=1S/C20H28N2O3/c1-20(2,3)19(25)22-10-6-8-14(12-22)18(24)21-17-15-9-5-4-7-13(15)11-16(17)23/h4-5,7,9,14,16-17,23H,6,8,10-12H2,1-3H3,(H,21,24)/t14?,16-,17+/m0/s1. The molecule has 1 unspecified atom stereocenters. The van der Waals surface area contributed by atoms with E-state index in [1.807, 2.05) is 49.9 Å². The largest absolute Gasteiger partial charge is 0.390 e. The van der Waals surface area contributed by atoms with Crippen LogP contribution in [0.25, 0.3) is 0 Å². The van der Waals surface area contributed by atoms with Crippen molar-refractivity contribution >= 4 is 11.8 Å². The fourth-order valence-corrected chi connectivity index (χ4v) is 3.87. The Labute approximate surface area is 149 Å². The van der Waals surface area contributed by atoms with Gasteiger partial charge in [0.2, 0.25) is 11.8 Å². The smallest absolute Gasteiger partial charge is 0.227 e. The third kappa shape index (κ3) is 3.71. The Morgan fingerprint density at radius 3 is 2.68 bits per heavy atom. The minimum Gasteiger partial charge on any atom is -0.390 e. The van der Waals surface area contributed by atoms with Crippen LogP contribution in [-0.4, -0.2) is 41.0 Å². The van der Waals surface area contributed by atoms with Crippen LogP contribution in [0.4, 0.5) is 0 Å². The van der Waals surface area contributed by atoms with Gasteiger partial charge in [-0.15, -0.1) is 0 Å². The number of amides is 2. The average molecular weight is 344 g/mol. The van der Waals surface area contributed by atoms with Crippen molar-refractivity contribution in [2.24, 2.45) is 11.3 Å². The van der Waals surface area contributed by atoms with Gasteiger partial charge in [0, 0.05) is 24.9 Å². The van der Waals surface area contributed by atoms with Crippen molar-refractivity contribution in [1.29, 1.82) is 0 Å². The van der Waals surface area contributed by atoms with E-state index >= 15 is 0 Å². The van der Waals surface area contributed by atoms with Crippen LogP contribution in [0.5, 0.6) is 0 Å². The van der Waals surface area contributed by atoms with Crippen LogP contribution >= 0.6 is 0 Å². The molecule has 1 saturated heterocycles. The lowest BCUT2D eigenvalue weighted by Gasteiger charge is -2.36. The molecule has 0 aromatic heterocycles. The second-order valence-corrected chi connectivity index (χ2v) is 8.30. The number of piperidine rings is 1. The van der Waals surface area contributed by atoms with E-state index in [2.05, 4.69) is 5.32 Å². The van der Waals surface area contributed by atoms with Gasteiger partial charge in [-0.1, -0.05) is 45.0 Å². The van der Waals surface area contributed by atoms with E-state index in [1.165, 1.54) is 0 Å². The first kappa shape index (κ1) is 17.9. The molecule has 5 nitrogen and oxygen atoms in total. The third-order valence-corrected chi connectivity index (χ3v) is 5.22. The molecule has 25 heavy (non-hydrogen) atoms. The van der Waals surface area contributed by atoms with Gasteiger partial charge in [-0.3, -0.25) is 9.59 Å². The number of nitrogens with zero attached hydrogens (tertiary/aromatic N) is 1. The molecule has 1 aromatic carbocycles.